The highest BCUT2D eigenvalue weighted by Gasteiger charge is 2.30. The first-order valence-electron chi connectivity index (χ1n) is 12.0. The molecule has 2 rings (SSSR count). The second-order valence-electron chi connectivity index (χ2n) is 8.57. The summed E-state index contributed by atoms with van der Waals surface area (Å²) in [5, 5.41) is 9.15. The molecule has 1 amide bonds. The molecule has 0 radical (unpaired) electrons. The molecule has 0 unspecified atom stereocenters. The van der Waals surface area contributed by atoms with E-state index in [1.54, 1.807) is 24.3 Å². The maximum absolute atomic E-state index is 12.8. The van der Waals surface area contributed by atoms with Gasteiger partial charge in [-0.3, -0.25) is 9.18 Å². The largest absolute Gasteiger partial charge is 0.474 e. The van der Waals surface area contributed by atoms with Crippen LogP contribution in [0.2, 0.25) is 0 Å². The number of carbonyl (C=O) groups excluding carboxylic acids is 1. The zero-order valence-electron chi connectivity index (χ0n) is 20.1. The molecule has 0 aliphatic rings. The van der Waals surface area contributed by atoms with Crippen molar-refractivity contribution in [2.45, 2.75) is 70.6 Å². The second kappa shape index (κ2) is 14.9. The van der Waals surface area contributed by atoms with E-state index in [0.717, 1.165) is 67.5 Å². The minimum Gasteiger partial charge on any atom is -0.474 e. The van der Waals surface area contributed by atoms with E-state index in [-0.39, 0.29) is 19.8 Å². The van der Waals surface area contributed by atoms with Crippen LogP contribution in [0.15, 0.2) is 48.5 Å². The van der Waals surface area contributed by atoms with E-state index < -0.39 is 23.6 Å². The smallest absolute Gasteiger partial charge is 0.416 e. The molecule has 0 fully saturated rings. The highest BCUT2D eigenvalue weighted by Crippen LogP contribution is 2.29. The lowest BCUT2D eigenvalue weighted by atomic mass is 10.1. The van der Waals surface area contributed by atoms with Crippen LogP contribution in [0.4, 0.5) is 17.6 Å². The molecule has 0 aromatic heterocycles. The highest BCUT2D eigenvalue weighted by molar-refractivity contribution is 6.31. The average molecular weight is 506 g/mol. The van der Waals surface area contributed by atoms with Gasteiger partial charge in [-0.25, -0.2) is 4.79 Å². The monoisotopic (exact) mass is 505 g/mol. The molecule has 36 heavy (non-hydrogen) atoms. The van der Waals surface area contributed by atoms with Crippen LogP contribution in [0.25, 0.3) is 0 Å². The van der Waals surface area contributed by atoms with Crippen molar-refractivity contribution in [1.82, 2.24) is 4.90 Å². The number of benzene rings is 2. The molecule has 194 valence electrons. The van der Waals surface area contributed by atoms with Gasteiger partial charge in [-0.15, -0.1) is 0 Å². The zero-order chi connectivity index (χ0) is 26.4. The number of aliphatic carboxylic acids is 1. The number of rotatable bonds is 12. The number of alkyl halides is 4. The van der Waals surface area contributed by atoms with Crippen molar-refractivity contribution < 1.29 is 32.3 Å². The van der Waals surface area contributed by atoms with Crippen molar-refractivity contribution >= 4 is 11.9 Å². The summed E-state index contributed by atoms with van der Waals surface area (Å²) in [6.45, 7) is -0.385. The molecule has 0 spiro atoms. The van der Waals surface area contributed by atoms with Crippen LogP contribution in [0.1, 0.15) is 73.6 Å². The van der Waals surface area contributed by atoms with Gasteiger partial charge in [-0.1, -0.05) is 68.2 Å². The minimum absolute atomic E-state index is 0.00874. The Morgan fingerprint density at radius 2 is 1.28 bits per heavy atom. The highest BCUT2D eigenvalue weighted by atomic mass is 19.4. The van der Waals surface area contributed by atoms with E-state index in [2.05, 4.69) is 11.8 Å². The lowest BCUT2D eigenvalue weighted by molar-refractivity contribution is -0.156. The summed E-state index contributed by atoms with van der Waals surface area (Å²) in [5.41, 5.74) is 1.04. The van der Waals surface area contributed by atoms with Crippen LogP contribution >= 0.6 is 0 Å². The number of nitrogens with zero attached hydrogens (tertiary/aromatic N) is 1. The molecule has 0 aliphatic carbocycles. The summed E-state index contributed by atoms with van der Waals surface area (Å²) in [6, 6.07) is 11.3. The molecule has 1 N–H and O–H groups in total. The van der Waals surface area contributed by atoms with Crippen molar-refractivity contribution in [1.29, 1.82) is 0 Å². The summed E-state index contributed by atoms with van der Waals surface area (Å²) >= 11 is 0. The molecule has 4 nitrogen and oxygen atoms in total. The van der Waals surface area contributed by atoms with Gasteiger partial charge in [-0.2, -0.15) is 13.2 Å². The summed E-state index contributed by atoms with van der Waals surface area (Å²) < 4.78 is 50.3. The van der Waals surface area contributed by atoms with E-state index in [4.69, 9.17) is 5.11 Å². The molecule has 0 atom stereocenters. The van der Waals surface area contributed by atoms with E-state index in [1.165, 1.54) is 12.1 Å². The van der Waals surface area contributed by atoms with Gasteiger partial charge in [0.1, 0.15) is 0 Å². The van der Waals surface area contributed by atoms with Crippen LogP contribution in [0, 0.1) is 11.8 Å². The van der Waals surface area contributed by atoms with Crippen molar-refractivity contribution in [3.63, 3.8) is 0 Å². The van der Waals surface area contributed by atoms with Gasteiger partial charge < -0.3 is 10.0 Å². The van der Waals surface area contributed by atoms with E-state index in [9.17, 15) is 27.2 Å². The zero-order valence-corrected chi connectivity index (χ0v) is 20.1. The Balaban J connectivity index is 1.89. The quantitative estimate of drug-likeness (QED) is 0.150. The van der Waals surface area contributed by atoms with E-state index in [1.807, 2.05) is 0 Å². The molecule has 8 heteroatoms. The van der Waals surface area contributed by atoms with Crippen molar-refractivity contribution in [3.05, 3.63) is 70.8 Å². The normalized spacial score (nSPS) is 11.0. The van der Waals surface area contributed by atoms with Crippen LogP contribution in [0.5, 0.6) is 0 Å². The number of carboxylic acids is 1. The Hall–Kier alpha value is -3.34. The fourth-order valence-corrected chi connectivity index (χ4v) is 3.62. The SMILES string of the molecule is O=C(O)C(=O)N(Cc1ccc(C#CCCCCCCCCCF)cc1)Cc1ccc(C(F)(F)F)cc1. The minimum atomic E-state index is -4.48. The summed E-state index contributed by atoms with van der Waals surface area (Å²) in [6.07, 6.45) is 3.32. The van der Waals surface area contributed by atoms with Crippen LogP contribution in [-0.4, -0.2) is 28.6 Å². The first-order valence-corrected chi connectivity index (χ1v) is 12.0. The number of hydrogen-bond donors (Lipinski definition) is 1. The van der Waals surface area contributed by atoms with Crippen LogP contribution < -0.4 is 0 Å². The van der Waals surface area contributed by atoms with Gasteiger partial charge in [0, 0.05) is 25.1 Å². The molecule has 0 aliphatic heterocycles. The Morgan fingerprint density at radius 3 is 1.78 bits per heavy atom. The predicted octanol–water partition coefficient (Wildman–Crippen LogP) is 6.76. The molecule has 0 bridgehead atoms. The molecular weight excluding hydrogens is 474 g/mol. The number of carboxylic acid groups (broad SMARTS) is 1. The van der Waals surface area contributed by atoms with Crippen molar-refractivity contribution in [3.8, 4) is 11.8 Å². The number of hydrogen-bond acceptors (Lipinski definition) is 2. The lowest BCUT2D eigenvalue weighted by Crippen LogP contribution is -2.35. The Morgan fingerprint density at radius 1 is 0.778 bits per heavy atom. The van der Waals surface area contributed by atoms with Gasteiger partial charge in [0.05, 0.1) is 12.2 Å². The van der Waals surface area contributed by atoms with Gasteiger partial charge in [-0.05, 0) is 48.2 Å². The Kier molecular flexibility index (Phi) is 12.0. The van der Waals surface area contributed by atoms with Crippen LogP contribution in [0.3, 0.4) is 0 Å². The number of halogens is 4. The third-order valence-corrected chi connectivity index (χ3v) is 5.62. The Labute approximate surface area is 209 Å². The molecule has 2 aromatic carbocycles. The summed E-state index contributed by atoms with van der Waals surface area (Å²) in [5.74, 6) is 3.44. The average Bonchev–Trinajstić information content (AvgIpc) is 2.85. The molecule has 2 aromatic rings. The molecule has 0 heterocycles. The fourth-order valence-electron chi connectivity index (χ4n) is 3.62. The van der Waals surface area contributed by atoms with Crippen molar-refractivity contribution in [2.75, 3.05) is 6.67 Å². The lowest BCUT2D eigenvalue weighted by Gasteiger charge is -2.21. The topological polar surface area (TPSA) is 57.6 Å². The molecule has 0 saturated carbocycles. The van der Waals surface area contributed by atoms with E-state index in [0.29, 0.717) is 17.5 Å². The van der Waals surface area contributed by atoms with Gasteiger partial charge >= 0.3 is 18.1 Å². The van der Waals surface area contributed by atoms with Crippen LogP contribution in [-0.2, 0) is 28.9 Å². The predicted molar refractivity (Wildman–Crippen MR) is 130 cm³/mol. The number of unbranched alkanes of at least 4 members (excludes halogenated alkanes) is 7. The third-order valence-electron chi connectivity index (χ3n) is 5.62. The summed E-state index contributed by atoms with van der Waals surface area (Å²) in [7, 11) is 0. The first-order chi connectivity index (χ1) is 17.2. The van der Waals surface area contributed by atoms with Gasteiger partial charge in [0.15, 0.2) is 0 Å². The first kappa shape index (κ1) is 28.9. The van der Waals surface area contributed by atoms with Crippen molar-refractivity contribution in [2.24, 2.45) is 0 Å². The van der Waals surface area contributed by atoms with Gasteiger partial charge in [0.2, 0.25) is 0 Å². The Bertz CT molecular complexity index is 1020. The summed E-state index contributed by atoms with van der Waals surface area (Å²) in [4.78, 5) is 24.5. The maximum atomic E-state index is 12.8. The number of carbonyl (C=O) groups is 2. The van der Waals surface area contributed by atoms with E-state index >= 15 is 0 Å². The fraction of sp³-hybridized carbons (Fsp3) is 0.429. The maximum Gasteiger partial charge on any atom is 0.416 e. The third kappa shape index (κ3) is 10.5. The molecule has 0 saturated heterocycles. The number of amides is 1. The molecular formula is C28H31F4NO3. The second-order valence-corrected chi connectivity index (χ2v) is 8.57. The van der Waals surface area contributed by atoms with Gasteiger partial charge in [0.25, 0.3) is 0 Å². The standard InChI is InChI=1S/C28H31F4NO3/c29-19-9-7-5-3-1-2-4-6-8-10-22-11-13-23(14-12-22)20-33(26(34)27(35)36)21-24-15-17-25(18-16-24)28(30,31)32/h11-18H,1-7,9,19-21H2,(H,35,36).